The summed E-state index contributed by atoms with van der Waals surface area (Å²) in [5, 5.41) is 2.96. The summed E-state index contributed by atoms with van der Waals surface area (Å²) in [6.45, 7) is 8.45. The van der Waals surface area contributed by atoms with Crippen LogP contribution in [0.15, 0.2) is 200 Å². The number of furan rings is 1. The van der Waals surface area contributed by atoms with E-state index in [0.717, 1.165) is 82.4 Å². The topological polar surface area (TPSA) is 80.8 Å². The van der Waals surface area contributed by atoms with Gasteiger partial charge in [-0.2, -0.15) is 0 Å². The zero-order chi connectivity index (χ0) is 42.0. The molecule has 298 valence electrons. The van der Waals surface area contributed by atoms with Gasteiger partial charge in [0.05, 0.1) is 22.0 Å². The van der Waals surface area contributed by atoms with E-state index in [-0.39, 0.29) is 12.0 Å². The summed E-state index contributed by atoms with van der Waals surface area (Å²) in [5.41, 5.74) is 11.2. The molecule has 8 heteroatoms. The Labute approximate surface area is 367 Å². The fraction of sp³-hybridized carbons (Fsp3) is 0.0364. The highest BCUT2D eigenvalue weighted by molar-refractivity contribution is 7.26. The molecule has 63 heavy (non-hydrogen) atoms. The van der Waals surface area contributed by atoms with Gasteiger partial charge in [0.25, 0.3) is 0 Å². The summed E-state index contributed by atoms with van der Waals surface area (Å²) in [5.74, 6) is 2.41. The van der Waals surface area contributed by atoms with E-state index in [1.165, 1.54) is 10.3 Å². The normalized spacial score (nSPS) is 14.8. The van der Waals surface area contributed by atoms with Crippen LogP contribution >= 0.6 is 11.3 Å². The summed E-state index contributed by atoms with van der Waals surface area (Å²) >= 11 is 1.73. The quantitative estimate of drug-likeness (QED) is 0.141. The highest BCUT2D eigenvalue weighted by Crippen LogP contribution is 2.48. The SMILES string of the molecule is C=CC1c2ccc(-c3nc(-c4ccccc4)nc(-c4ccc5oc6cccc(-c7nc(-c8ccccc8)c8sc9ccccc9c8n7)c6c5c4)n3)cc2N(c2ccccc2)C1C=C. The molecular weight excluding hydrogens is 793 g/mol. The molecule has 12 rings (SSSR count). The van der Waals surface area contributed by atoms with Crippen LogP contribution in [0.3, 0.4) is 0 Å². The molecule has 0 amide bonds. The number of fused-ring (bicyclic) bond motifs is 7. The third-order valence-corrected chi connectivity index (χ3v) is 13.2. The van der Waals surface area contributed by atoms with E-state index in [0.29, 0.717) is 23.3 Å². The molecule has 0 aliphatic carbocycles. The number of hydrogen-bond donors (Lipinski definition) is 0. The van der Waals surface area contributed by atoms with Gasteiger partial charge in [0.1, 0.15) is 11.2 Å². The Morgan fingerprint density at radius 1 is 0.524 bits per heavy atom. The number of hydrogen-bond acceptors (Lipinski definition) is 8. The lowest BCUT2D eigenvalue weighted by Gasteiger charge is -2.27. The first kappa shape index (κ1) is 36.8. The molecule has 0 bridgehead atoms. The maximum Gasteiger partial charge on any atom is 0.164 e. The van der Waals surface area contributed by atoms with Gasteiger partial charge < -0.3 is 9.32 Å². The molecular formula is C55H36N6OS. The third-order valence-electron chi connectivity index (χ3n) is 12.0. The monoisotopic (exact) mass is 828 g/mol. The molecule has 0 fully saturated rings. The number of nitrogens with zero attached hydrogens (tertiary/aromatic N) is 6. The molecule has 0 saturated heterocycles. The number of aromatic nitrogens is 5. The summed E-state index contributed by atoms with van der Waals surface area (Å²) in [6.07, 6.45) is 4.02. The minimum atomic E-state index is 0.00665. The third kappa shape index (κ3) is 6.06. The number of benzene rings is 7. The van der Waals surface area contributed by atoms with Crippen LogP contribution in [-0.2, 0) is 0 Å². The van der Waals surface area contributed by atoms with Crippen molar-refractivity contribution in [2.24, 2.45) is 0 Å². The van der Waals surface area contributed by atoms with Crippen molar-refractivity contribution in [3.05, 3.63) is 201 Å². The molecule has 7 aromatic carbocycles. The Balaban J connectivity index is 1.04. The van der Waals surface area contributed by atoms with Gasteiger partial charge in [-0.25, -0.2) is 24.9 Å². The lowest BCUT2D eigenvalue weighted by atomic mass is 9.94. The molecule has 0 N–H and O–H groups in total. The molecule has 4 aromatic heterocycles. The Morgan fingerprint density at radius 2 is 1.19 bits per heavy atom. The Hall–Kier alpha value is -8.07. The zero-order valence-electron chi connectivity index (χ0n) is 33.9. The van der Waals surface area contributed by atoms with Crippen LogP contribution in [0.25, 0.3) is 99.1 Å². The van der Waals surface area contributed by atoms with E-state index in [2.05, 4.69) is 121 Å². The number of anilines is 2. The second kappa shape index (κ2) is 14.8. The van der Waals surface area contributed by atoms with E-state index in [4.69, 9.17) is 29.3 Å². The maximum absolute atomic E-state index is 6.55. The largest absolute Gasteiger partial charge is 0.456 e. The summed E-state index contributed by atoms with van der Waals surface area (Å²) < 4.78 is 8.79. The first-order valence-electron chi connectivity index (χ1n) is 20.9. The molecule has 2 atom stereocenters. The van der Waals surface area contributed by atoms with Gasteiger partial charge in [0.2, 0.25) is 0 Å². The second-order valence-electron chi connectivity index (χ2n) is 15.7. The first-order valence-corrected chi connectivity index (χ1v) is 21.7. The van der Waals surface area contributed by atoms with Gasteiger partial charge in [0.15, 0.2) is 23.3 Å². The van der Waals surface area contributed by atoms with Crippen molar-refractivity contribution in [2.75, 3.05) is 4.90 Å². The van der Waals surface area contributed by atoms with Crippen molar-refractivity contribution in [1.82, 2.24) is 24.9 Å². The van der Waals surface area contributed by atoms with Gasteiger partial charge in [-0.1, -0.05) is 133 Å². The van der Waals surface area contributed by atoms with Crippen LogP contribution in [0, 0.1) is 0 Å². The lowest BCUT2D eigenvalue weighted by Crippen LogP contribution is -2.27. The fourth-order valence-electron chi connectivity index (χ4n) is 9.10. The highest BCUT2D eigenvalue weighted by Gasteiger charge is 2.36. The molecule has 0 radical (unpaired) electrons. The molecule has 5 heterocycles. The van der Waals surface area contributed by atoms with Gasteiger partial charge in [-0.15, -0.1) is 24.5 Å². The van der Waals surface area contributed by atoms with Crippen LogP contribution < -0.4 is 4.90 Å². The van der Waals surface area contributed by atoms with Crippen molar-refractivity contribution in [3.63, 3.8) is 0 Å². The minimum Gasteiger partial charge on any atom is -0.456 e. The van der Waals surface area contributed by atoms with Gasteiger partial charge in [-0.3, -0.25) is 0 Å². The molecule has 0 saturated carbocycles. The smallest absolute Gasteiger partial charge is 0.164 e. The van der Waals surface area contributed by atoms with Crippen molar-refractivity contribution in [3.8, 4) is 56.8 Å². The fourth-order valence-corrected chi connectivity index (χ4v) is 10.3. The average Bonchev–Trinajstić information content (AvgIpc) is 4.03. The number of thiophene rings is 1. The van der Waals surface area contributed by atoms with Crippen molar-refractivity contribution >= 4 is 65.0 Å². The predicted molar refractivity (Wildman–Crippen MR) is 258 cm³/mol. The molecule has 2 unspecified atom stereocenters. The minimum absolute atomic E-state index is 0.00665. The lowest BCUT2D eigenvalue weighted by molar-refractivity contribution is 0.669. The van der Waals surface area contributed by atoms with E-state index >= 15 is 0 Å². The molecule has 0 spiro atoms. The first-order chi connectivity index (χ1) is 31.1. The average molecular weight is 829 g/mol. The van der Waals surface area contributed by atoms with E-state index in [1.54, 1.807) is 11.3 Å². The second-order valence-corrected chi connectivity index (χ2v) is 16.7. The molecule has 1 aliphatic heterocycles. The van der Waals surface area contributed by atoms with Crippen LogP contribution in [0.4, 0.5) is 11.4 Å². The number of para-hydroxylation sites is 1. The Bertz CT molecular complexity index is 3580. The van der Waals surface area contributed by atoms with Gasteiger partial charge >= 0.3 is 0 Å². The Morgan fingerprint density at radius 3 is 1.94 bits per heavy atom. The molecule has 11 aromatic rings. The van der Waals surface area contributed by atoms with E-state index < -0.39 is 0 Å². The van der Waals surface area contributed by atoms with Crippen LogP contribution in [0.5, 0.6) is 0 Å². The summed E-state index contributed by atoms with van der Waals surface area (Å²) in [4.78, 5) is 28.4. The molecule has 1 aliphatic rings. The maximum atomic E-state index is 6.55. The highest BCUT2D eigenvalue weighted by atomic mass is 32.1. The van der Waals surface area contributed by atoms with E-state index in [9.17, 15) is 0 Å². The summed E-state index contributed by atoms with van der Waals surface area (Å²) in [6, 6.07) is 58.0. The molecule has 7 nitrogen and oxygen atoms in total. The van der Waals surface area contributed by atoms with Crippen molar-refractivity contribution < 1.29 is 4.42 Å². The zero-order valence-corrected chi connectivity index (χ0v) is 34.7. The van der Waals surface area contributed by atoms with Gasteiger partial charge in [-0.05, 0) is 54.1 Å². The summed E-state index contributed by atoms with van der Waals surface area (Å²) in [7, 11) is 0. The van der Waals surface area contributed by atoms with Crippen LogP contribution in [-0.4, -0.2) is 31.0 Å². The van der Waals surface area contributed by atoms with Crippen molar-refractivity contribution in [2.45, 2.75) is 12.0 Å². The predicted octanol–water partition coefficient (Wildman–Crippen LogP) is 14.2. The van der Waals surface area contributed by atoms with Crippen LogP contribution in [0.1, 0.15) is 11.5 Å². The van der Waals surface area contributed by atoms with Gasteiger partial charge in [0, 0.05) is 66.0 Å². The van der Waals surface area contributed by atoms with Crippen molar-refractivity contribution in [1.29, 1.82) is 0 Å². The standard InChI is InChI=1S/C55H36N6OS/c1-3-38-39-29-27-36(32-44(39)61(43(38)4-2)37-21-12-7-13-22-37)54-59-52(34-19-10-6-11-20-34)58-53(60-54)35-28-30-45-42(31-35)48-41(24-16-25-46(48)62-45)55-56-49(33-17-8-5-9-18-33)51-50(57-55)40-23-14-15-26-47(40)63-51/h3-32,38,43H,1-2H2. The van der Waals surface area contributed by atoms with E-state index in [1.807, 2.05) is 78.9 Å². The van der Waals surface area contributed by atoms with Crippen LogP contribution in [0.2, 0.25) is 0 Å². The Kier molecular flexibility index (Phi) is 8.65. The number of rotatable bonds is 8.